The lowest BCUT2D eigenvalue weighted by molar-refractivity contribution is 0.0690. The molecule has 0 saturated carbocycles. The van der Waals surface area contributed by atoms with Crippen molar-refractivity contribution in [3.63, 3.8) is 0 Å². The maximum absolute atomic E-state index is 10.6. The second-order valence-corrected chi connectivity index (χ2v) is 4.69. The van der Waals surface area contributed by atoms with E-state index < -0.39 is 5.97 Å². The van der Waals surface area contributed by atoms with Crippen LogP contribution < -0.4 is 5.32 Å². The number of oxazole rings is 1. The molecule has 5 nitrogen and oxygen atoms in total. The lowest BCUT2D eigenvalue weighted by Gasteiger charge is -2.04. The summed E-state index contributed by atoms with van der Waals surface area (Å²) >= 11 is 7.92. The fourth-order valence-electron chi connectivity index (χ4n) is 1.14. The zero-order valence-corrected chi connectivity index (χ0v) is 11.2. The predicted molar refractivity (Wildman–Crippen MR) is 70.9 cm³/mol. The van der Waals surface area contributed by atoms with Crippen LogP contribution in [-0.2, 0) is 0 Å². The molecule has 88 valence electrons. The van der Waals surface area contributed by atoms with Gasteiger partial charge in [0.25, 0.3) is 6.01 Å². The molecule has 0 bridgehead atoms. The summed E-state index contributed by atoms with van der Waals surface area (Å²) in [4.78, 5) is 14.4. The van der Waals surface area contributed by atoms with Crippen LogP contribution in [0.4, 0.5) is 11.7 Å². The van der Waals surface area contributed by atoms with Gasteiger partial charge in [0.05, 0.1) is 5.69 Å². The van der Waals surface area contributed by atoms with E-state index in [1.807, 2.05) is 0 Å². The Labute approximate surface area is 115 Å². The van der Waals surface area contributed by atoms with Crippen LogP contribution in [0, 0.1) is 3.57 Å². The molecule has 0 spiro atoms. The SMILES string of the molecule is O=C(O)c1coc(Nc2ccc(Cl)cc2I)n1. The van der Waals surface area contributed by atoms with Crippen LogP contribution in [0.15, 0.2) is 28.9 Å². The number of nitrogens with zero attached hydrogens (tertiary/aromatic N) is 1. The highest BCUT2D eigenvalue weighted by molar-refractivity contribution is 14.1. The van der Waals surface area contributed by atoms with E-state index in [1.54, 1.807) is 18.2 Å². The third kappa shape index (κ3) is 2.89. The Morgan fingerprint density at radius 3 is 2.88 bits per heavy atom. The van der Waals surface area contributed by atoms with Crippen LogP contribution in [-0.4, -0.2) is 16.1 Å². The van der Waals surface area contributed by atoms with Crippen LogP contribution >= 0.6 is 34.2 Å². The number of rotatable bonds is 3. The van der Waals surface area contributed by atoms with Crippen molar-refractivity contribution in [1.29, 1.82) is 0 Å². The van der Waals surface area contributed by atoms with Gasteiger partial charge in [0.1, 0.15) is 6.26 Å². The van der Waals surface area contributed by atoms with Gasteiger partial charge in [-0.05, 0) is 40.8 Å². The molecule has 1 heterocycles. The summed E-state index contributed by atoms with van der Waals surface area (Å²) in [7, 11) is 0. The molecular formula is C10H6ClIN2O3. The van der Waals surface area contributed by atoms with Crippen molar-refractivity contribution in [1.82, 2.24) is 4.98 Å². The lowest BCUT2D eigenvalue weighted by atomic mass is 10.3. The molecule has 0 aliphatic heterocycles. The number of benzene rings is 1. The van der Waals surface area contributed by atoms with Gasteiger partial charge in [0, 0.05) is 8.59 Å². The standard InChI is InChI=1S/C10H6ClIN2O3/c11-5-1-2-7(6(12)3-5)13-10-14-8(4-17-10)9(15)16/h1-4H,(H,13,14)(H,15,16). The third-order valence-corrected chi connectivity index (χ3v) is 3.02. The number of carboxylic acids is 1. The number of hydrogen-bond donors (Lipinski definition) is 2. The normalized spacial score (nSPS) is 10.2. The van der Waals surface area contributed by atoms with Crippen molar-refractivity contribution in [3.8, 4) is 0 Å². The zero-order valence-electron chi connectivity index (χ0n) is 8.28. The largest absolute Gasteiger partial charge is 0.476 e. The first-order valence-corrected chi connectivity index (χ1v) is 5.93. The van der Waals surface area contributed by atoms with Gasteiger partial charge < -0.3 is 14.8 Å². The predicted octanol–water partition coefficient (Wildman–Crippen LogP) is 3.37. The summed E-state index contributed by atoms with van der Waals surface area (Å²) in [5, 5.41) is 12.2. The first-order valence-electron chi connectivity index (χ1n) is 4.47. The molecule has 0 amide bonds. The molecule has 1 aromatic carbocycles. The Kier molecular flexibility index (Phi) is 3.53. The molecule has 0 unspecified atom stereocenters. The quantitative estimate of drug-likeness (QED) is 0.817. The molecular weight excluding hydrogens is 358 g/mol. The molecule has 2 rings (SSSR count). The van der Waals surface area contributed by atoms with Crippen molar-refractivity contribution in [2.75, 3.05) is 5.32 Å². The Bertz CT molecular complexity index is 570. The van der Waals surface area contributed by atoms with E-state index in [0.29, 0.717) is 5.02 Å². The van der Waals surface area contributed by atoms with E-state index in [9.17, 15) is 4.79 Å². The average Bonchev–Trinajstić information content (AvgIpc) is 2.71. The fraction of sp³-hybridized carbons (Fsp3) is 0. The Morgan fingerprint density at radius 1 is 1.53 bits per heavy atom. The molecule has 7 heteroatoms. The minimum atomic E-state index is -1.13. The smallest absolute Gasteiger partial charge is 0.357 e. The number of carbonyl (C=O) groups is 1. The molecule has 0 atom stereocenters. The average molecular weight is 365 g/mol. The van der Waals surface area contributed by atoms with Gasteiger partial charge in [-0.25, -0.2) is 4.79 Å². The first kappa shape index (κ1) is 12.2. The van der Waals surface area contributed by atoms with Gasteiger partial charge in [-0.15, -0.1) is 0 Å². The summed E-state index contributed by atoms with van der Waals surface area (Å²) < 4.78 is 5.86. The number of halogens is 2. The molecule has 1 aromatic heterocycles. The summed E-state index contributed by atoms with van der Waals surface area (Å²) in [5.41, 5.74) is 0.602. The van der Waals surface area contributed by atoms with Gasteiger partial charge >= 0.3 is 5.97 Å². The monoisotopic (exact) mass is 364 g/mol. The molecule has 2 N–H and O–H groups in total. The molecule has 0 radical (unpaired) electrons. The maximum atomic E-state index is 10.6. The Morgan fingerprint density at radius 2 is 2.29 bits per heavy atom. The van der Waals surface area contributed by atoms with E-state index in [-0.39, 0.29) is 11.7 Å². The first-order chi connectivity index (χ1) is 8.06. The molecule has 0 aliphatic rings. The third-order valence-electron chi connectivity index (χ3n) is 1.90. The number of hydrogen-bond acceptors (Lipinski definition) is 4. The van der Waals surface area contributed by atoms with Gasteiger partial charge in [0.2, 0.25) is 0 Å². The van der Waals surface area contributed by atoms with Gasteiger partial charge in [-0.3, -0.25) is 0 Å². The topological polar surface area (TPSA) is 75.4 Å². The zero-order chi connectivity index (χ0) is 12.4. The molecule has 0 aliphatic carbocycles. The van der Waals surface area contributed by atoms with Crippen molar-refractivity contribution in [2.45, 2.75) is 0 Å². The summed E-state index contributed by atoms with van der Waals surface area (Å²) in [6, 6.07) is 5.37. The molecule has 0 saturated heterocycles. The van der Waals surface area contributed by atoms with Crippen LogP contribution in [0.5, 0.6) is 0 Å². The van der Waals surface area contributed by atoms with Crippen LogP contribution in [0.25, 0.3) is 0 Å². The van der Waals surface area contributed by atoms with Crippen molar-refractivity contribution >= 4 is 51.9 Å². The van der Waals surface area contributed by atoms with E-state index in [0.717, 1.165) is 15.5 Å². The van der Waals surface area contributed by atoms with Gasteiger partial charge in [-0.1, -0.05) is 11.6 Å². The van der Waals surface area contributed by atoms with Crippen LogP contribution in [0.1, 0.15) is 10.5 Å². The van der Waals surface area contributed by atoms with Gasteiger partial charge in [0.15, 0.2) is 5.69 Å². The Balaban J connectivity index is 2.22. The van der Waals surface area contributed by atoms with E-state index in [1.165, 1.54) is 0 Å². The molecule has 2 aromatic rings. The number of carboxylic acid groups (broad SMARTS) is 1. The molecule has 0 fully saturated rings. The second-order valence-electron chi connectivity index (χ2n) is 3.09. The number of nitrogens with one attached hydrogen (secondary N) is 1. The highest BCUT2D eigenvalue weighted by Gasteiger charge is 2.11. The van der Waals surface area contributed by atoms with E-state index in [4.69, 9.17) is 21.1 Å². The van der Waals surface area contributed by atoms with Gasteiger partial charge in [-0.2, -0.15) is 4.98 Å². The van der Waals surface area contributed by atoms with E-state index >= 15 is 0 Å². The minimum absolute atomic E-state index is 0.127. The van der Waals surface area contributed by atoms with Crippen LogP contribution in [0.3, 0.4) is 0 Å². The number of aromatic carboxylic acids is 1. The lowest BCUT2D eigenvalue weighted by Crippen LogP contribution is -1.97. The van der Waals surface area contributed by atoms with Crippen molar-refractivity contribution in [3.05, 3.63) is 38.7 Å². The van der Waals surface area contributed by atoms with E-state index in [2.05, 4.69) is 32.9 Å². The minimum Gasteiger partial charge on any atom is -0.476 e. The summed E-state index contributed by atoms with van der Waals surface area (Å²) in [6.45, 7) is 0. The number of anilines is 2. The number of aromatic nitrogens is 1. The highest BCUT2D eigenvalue weighted by atomic mass is 127. The summed E-state index contributed by atoms with van der Waals surface area (Å²) in [5.74, 6) is -1.13. The fourth-order valence-corrected chi connectivity index (χ4v) is 2.14. The maximum Gasteiger partial charge on any atom is 0.357 e. The van der Waals surface area contributed by atoms with Crippen molar-refractivity contribution in [2.24, 2.45) is 0 Å². The van der Waals surface area contributed by atoms with Crippen molar-refractivity contribution < 1.29 is 14.3 Å². The van der Waals surface area contributed by atoms with Crippen LogP contribution in [0.2, 0.25) is 5.02 Å². The highest BCUT2D eigenvalue weighted by Crippen LogP contribution is 2.25. The second kappa shape index (κ2) is 4.92. The summed E-state index contributed by atoms with van der Waals surface area (Å²) in [6.07, 6.45) is 1.08. The Hall–Kier alpha value is -1.28. The molecule has 17 heavy (non-hydrogen) atoms.